The van der Waals surface area contributed by atoms with E-state index < -0.39 is 0 Å². The zero-order valence-corrected chi connectivity index (χ0v) is 16.6. The van der Waals surface area contributed by atoms with Gasteiger partial charge in [0.25, 0.3) is 0 Å². The van der Waals surface area contributed by atoms with Crippen LogP contribution in [0.2, 0.25) is 0 Å². The van der Waals surface area contributed by atoms with E-state index in [0.29, 0.717) is 12.8 Å². The molecule has 0 rings (SSSR count). The van der Waals surface area contributed by atoms with Crippen LogP contribution in [-0.4, -0.2) is 50.1 Å². The molecule has 6 nitrogen and oxygen atoms in total. The molecule has 0 saturated heterocycles. The third-order valence-electron chi connectivity index (χ3n) is 4.08. The van der Waals surface area contributed by atoms with Crippen LogP contribution in [0.5, 0.6) is 0 Å². The lowest BCUT2D eigenvalue weighted by molar-refractivity contribution is -0.298. The SMILES string of the molecule is CCC(CC)OOC(=O)CCCCCCCNC(=O)CCCN(C)C. The predicted molar refractivity (Wildman–Crippen MR) is 100 cm³/mol. The van der Waals surface area contributed by atoms with Crippen LogP contribution in [0, 0.1) is 0 Å². The van der Waals surface area contributed by atoms with Crippen LogP contribution in [-0.2, 0) is 19.4 Å². The number of nitrogens with zero attached hydrogens (tertiary/aromatic N) is 1. The largest absolute Gasteiger partial charge is 0.356 e. The second-order valence-corrected chi connectivity index (χ2v) is 6.76. The molecule has 0 unspecified atom stereocenters. The van der Waals surface area contributed by atoms with Crippen molar-refractivity contribution in [1.29, 1.82) is 0 Å². The Hall–Kier alpha value is -1.14. The number of hydrogen-bond acceptors (Lipinski definition) is 5. The van der Waals surface area contributed by atoms with Gasteiger partial charge in [-0.05, 0) is 52.7 Å². The van der Waals surface area contributed by atoms with E-state index in [1.54, 1.807) is 0 Å². The van der Waals surface area contributed by atoms with Crippen molar-refractivity contribution in [1.82, 2.24) is 10.2 Å². The lowest BCUT2D eigenvalue weighted by Crippen LogP contribution is -2.25. The Morgan fingerprint density at radius 2 is 1.56 bits per heavy atom. The molecule has 0 spiro atoms. The molecule has 0 saturated carbocycles. The Morgan fingerprint density at radius 1 is 0.920 bits per heavy atom. The van der Waals surface area contributed by atoms with E-state index in [9.17, 15) is 9.59 Å². The van der Waals surface area contributed by atoms with Gasteiger partial charge in [0.2, 0.25) is 5.91 Å². The number of unbranched alkanes of at least 4 members (excludes halogenated alkanes) is 4. The van der Waals surface area contributed by atoms with Crippen LogP contribution in [0.25, 0.3) is 0 Å². The fourth-order valence-electron chi connectivity index (χ4n) is 2.38. The van der Waals surface area contributed by atoms with Crippen molar-refractivity contribution in [2.45, 2.75) is 84.2 Å². The summed E-state index contributed by atoms with van der Waals surface area (Å²) in [5.74, 6) is -0.140. The zero-order chi connectivity index (χ0) is 18.9. The molecule has 0 atom stereocenters. The molecule has 0 aromatic heterocycles. The minimum atomic E-state index is -0.281. The van der Waals surface area contributed by atoms with E-state index in [-0.39, 0.29) is 18.0 Å². The molecule has 148 valence electrons. The van der Waals surface area contributed by atoms with Gasteiger partial charge in [-0.15, -0.1) is 0 Å². The number of nitrogens with one attached hydrogen (secondary N) is 1. The Labute approximate surface area is 153 Å². The molecule has 0 aliphatic heterocycles. The van der Waals surface area contributed by atoms with Crippen LogP contribution in [0.15, 0.2) is 0 Å². The summed E-state index contributed by atoms with van der Waals surface area (Å²) >= 11 is 0. The quantitative estimate of drug-likeness (QED) is 0.260. The monoisotopic (exact) mass is 358 g/mol. The Balaban J connectivity index is 3.38. The van der Waals surface area contributed by atoms with Crippen molar-refractivity contribution in [3.8, 4) is 0 Å². The number of hydrogen-bond donors (Lipinski definition) is 1. The van der Waals surface area contributed by atoms with Gasteiger partial charge in [-0.2, -0.15) is 4.89 Å². The standard InChI is InChI=1S/C19H38N2O4/c1-5-17(6-2)24-25-19(23)14-10-8-7-9-11-15-20-18(22)13-12-16-21(3)4/h17H,5-16H2,1-4H3,(H,20,22). The van der Waals surface area contributed by atoms with Gasteiger partial charge in [-0.1, -0.05) is 33.1 Å². The summed E-state index contributed by atoms with van der Waals surface area (Å²) < 4.78 is 0. The summed E-state index contributed by atoms with van der Waals surface area (Å²) in [5.41, 5.74) is 0. The van der Waals surface area contributed by atoms with Gasteiger partial charge in [0.15, 0.2) is 0 Å². The summed E-state index contributed by atoms with van der Waals surface area (Å²) in [5, 5.41) is 2.96. The normalized spacial score (nSPS) is 11.1. The number of carbonyl (C=O) groups excluding carboxylic acids is 2. The maximum Gasteiger partial charge on any atom is 0.342 e. The molecule has 0 heterocycles. The second kappa shape index (κ2) is 16.3. The van der Waals surface area contributed by atoms with Gasteiger partial charge in [0.05, 0.1) is 0 Å². The lowest BCUT2D eigenvalue weighted by Gasteiger charge is -2.11. The van der Waals surface area contributed by atoms with Gasteiger partial charge in [-0.3, -0.25) is 9.68 Å². The van der Waals surface area contributed by atoms with E-state index in [4.69, 9.17) is 9.78 Å². The van der Waals surface area contributed by atoms with Gasteiger partial charge < -0.3 is 10.2 Å². The molecular weight excluding hydrogens is 320 g/mol. The number of rotatable bonds is 16. The van der Waals surface area contributed by atoms with Crippen LogP contribution in [0.1, 0.15) is 78.1 Å². The van der Waals surface area contributed by atoms with Gasteiger partial charge >= 0.3 is 5.97 Å². The van der Waals surface area contributed by atoms with Crippen molar-refractivity contribution in [3.05, 3.63) is 0 Å². The molecule has 0 aliphatic rings. The maximum atomic E-state index is 11.6. The third-order valence-corrected chi connectivity index (χ3v) is 4.08. The highest BCUT2D eigenvalue weighted by Crippen LogP contribution is 2.08. The molecule has 0 aromatic carbocycles. The summed E-state index contributed by atoms with van der Waals surface area (Å²) in [6.07, 6.45) is 8.53. The van der Waals surface area contributed by atoms with E-state index in [2.05, 4.69) is 10.2 Å². The van der Waals surface area contributed by atoms with E-state index in [1.165, 1.54) is 0 Å². The highest BCUT2D eigenvalue weighted by molar-refractivity contribution is 5.75. The Kier molecular flexibility index (Phi) is 15.6. The molecule has 6 heteroatoms. The van der Waals surface area contributed by atoms with Crippen molar-refractivity contribution in [2.24, 2.45) is 0 Å². The summed E-state index contributed by atoms with van der Waals surface area (Å²) in [6, 6.07) is 0. The smallest absolute Gasteiger partial charge is 0.342 e. The van der Waals surface area contributed by atoms with Crippen LogP contribution >= 0.6 is 0 Å². The molecule has 0 aliphatic carbocycles. The minimum Gasteiger partial charge on any atom is -0.356 e. The topological polar surface area (TPSA) is 67.9 Å². The van der Waals surface area contributed by atoms with Crippen LogP contribution in [0.4, 0.5) is 0 Å². The van der Waals surface area contributed by atoms with Crippen molar-refractivity contribution in [2.75, 3.05) is 27.2 Å². The molecule has 0 bridgehead atoms. The van der Waals surface area contributed by atoms with Crippen molar-refractivity contribution < 1.29 is 19.4 Å². The first-order chi connectivity index (χ1) is 12.0. The minimum absolute atomic E-state index is 0.00189. The van der Waals surface area contributed by atoms with Crippen LogP contribution < -0.4 is 5.32 Å². The molecule has 1 amide bonds. The van der Waals surface area contributed by atoms with Gasteiger partial charge in [0.1, 0.15) is 6.10 Å². The predicted octanol–water partition coefficient (Wildman–Crippen LogP) is 3.45. The lowest BCUT2D eigenvalue weighted by atomic mass is 10.1. The maximum absolute atomic E-state index is 11.6. The molecule has 0 aromatic rings. The van der Waals surface area contributed by atoms with Crippen molar-refractivity contribution >= 4 is 11.9 Å². The summed E-state index contributed by atoms with van der Waals surface area (Å²) in [7, 11) is 4.02. The molecule has 0 fully saturated rings. The second-order valence-electron chi connectivity index (χ2n) is 6.76. The van der Waals surface area contributed by atoms with E-state index >= 15 is 0 Å². The van der Waals surface area contributed by atoms with Crippen molar-refractivity contribution in [3.63, 3.8) is 0 Å². The van der Waals surface area contributed by atoms with Gasteiger partial charge in [0, 0.05) is 19.4 Å². The Morgan fingerprint density at radius 3 is 2.20 bits per heavy atom. The first-order valence-electron chi connectivity index (χ1n) is 9.77. The first kappa shape index (κ1) is 23.9. The van der Waals surface area contributed by atoms with Gasteiger partial charge in [-0.25, -0.2) is 4.79 Å². The van der Waals surface area contributed by atoms with E-state index in [0.717, 1.165) is 64.5 Å². The average Bonchev–Trinajstić information content (AvgIpc) is 2.57. The number of carbonyl (C=O) groups is 2. The highest BCUT2D eigenvalue weighted by atomic mass is 17.2. The fourth-order valence-corrected chi connectivity index (χ4v) is 2.38. The van der Waals surface area contributed by atoms with E-state index in [1.807, 2.05) is 27.9 Å². The summed E-state index contributed by atoms with van der Waals surface area (Å²) in [6.45, 7) is 5.70. The first-order valence-corrected chi connectivity index (χ1v) is 9.77. The molecule has 25 heavy (non-hydrogen) atoms. The zero-order valence-electron chi connectivity index (χ0n) is 16.6. The fraction of sp³-hybridized carbons (Fsp3) is 0.895. The van der Waals surface area contributed by atoms with Crippen LogP contribution in [0.3, 0.4) is 0 Å². The molecular formula is C19H38N2O4. The molecule has 0 radical (unpaired) electrons. The Bertz CT molecular complexity index is 344. The average molecular weight is 359 g/mol. The summed E-state index contributed by atoms with van der Waals surface area (Å²) in [4.78, 5) is 35.1. The number of amides is 1. The molecule has 1 N–H and O–H groups in total. The third kappa shape index (κ3) is 16.1. The highest BCUT2D eigenvalue weighted by Gasteiger charge is 2.09.